The van der Waals surface area contributed by atoms with Crippen molar-refractivity contribution in [3.8, 4) is 0 Å². The Kier molecular flexibility index (Phi) is 8.10. The van der Waals surface area contributed by atoms with Gasteiger partial charge >= 0.3 is 0 Å². The van der Waals surface area contributed by atoms with E-state index in [4.69, 9.17) is 11.6 Å². The van der Waals surface area contributed by atoms with Gasteiger partial charge < -0.3 is 5.32 Å². The third kappa shape index (κ3) is 7.51. The first-order chi connectivity index (χ1) is 10.8. The van der Waals surface area contributed by atoms with E-state index in [9.17, 15) is 0 Å². The summed E-state index contributed by atoms with van der Waals surface area (Å²) >= 11 is 5.92. The summed E-state index contributed by atoms with van der Waals surface area (Å²) in [6.07, 6.45) is 0.906. The van der Waals surface area contributed by atoms with Crippen LogP contribution in [0.2, 0.25) is 5.02 Å². The highest BCUT2D eigenvalue weighted by Crippen LogP contribution is 2.17. The van der Waals surface area contributed by atoms with Crippen molar-refractivity contribution < 1.29 is 0 Å². The predicted octanol–water partition coefficient (Wildman–Crippen LogP) is 5.43. The number of anilines is 1. The molecule has 2 atom stereocenters. The lowest BCUT2D eigenvalue weighted by atomic mass is 10.1. The Labute approximate surface area is 145 Å². The minimum absolute atomic E-state index is 0.191. The van der Waals surface area contributed by atoms with E-state index in [-0.39, 0.29) is 12.1 Å². The molecule has 0 bridgehead atoms. The lowest BCUT2D eigenvalue weighted by Gasteiger charge is -2.22. The van der Waals surface area contributed by atoms with Crippen LogP contribution in [0.3, 0.4) is 0 Å². The molecule has 1 N–H and O–H groups in total. The second-order valence-electron chi connectivity index (χ2n) is 6.41. The maximum absolute atomic E-state index is 5.92. The van der Waals surface area contributed by atoms with Crippen LogP contribution in [0.1, 0.15) is 34.1 Å². The number of benzene rings is 1. The van der Waals surface area contributed by atoms with Gasteiger partial charge in [-0.15, -0.1) is 0 Å². The third-order valence-corrected chi connectivity index (χ3v) is 4.12. The van der Waals surface area contributed by atoms with Crippen molar-refractivity contribution in [2.24, 2.45) is 16.3 Å². The van der Waals surface area contributed by atoms with E-state index in [1.165, 1.54) is 0 Å². The monoisotopic (exact) mass is 336 g/mol. The molecule has 0 radical (unpaired) electrons. The summed E-state index contributed by atoms with van der Waals surface area (Å²) in [7, 11) is 1.95. The molecule has 0 saturated heterocycles. The lowest BCUT2D eigenvalue weighted by molar-refractivity contribution is 0.304. The highest BCUT2D eigenvalue weighted by Gasteiger charge is 2.11. The third-order valence-electron chi connectivity index (χ3n) is 3.87. The van der Waals surface area contributed by atoms with Gasteiger partial charge in [0.25, 0.3) is 0 Å². The van der Waals surface area contributed by atoms with Gasteiger partial charge in [0.1, 0.15) is 0 Å². The van der Waals surface area contributed by atoms with E-state index >= 15 is 0 Å². The number of nitrogens with zero attached hydrogens (tertiary/aromatic N) is 3. The smallest absolute Gasteiger partial charge is 0.0724 e. The summed E-state index contributed by atoms with van der Waals surface area (Å²) in [6, 6.07) is 8.15. The first-order valence-electron chi connectivity index (χ1n) is 8.09. The zero-order chi connectivity index (χ0) is 17.4. The van der Waals surface area contributed by atoms with E-state index in [1.807, 2.05) is 43.2 Å². The number of hydrogen-bond donors (Lipinski definition) is 1. The highest BCUT2D eigenvalue weighted by molar-refractivity contribution is 6.30. The number of halogens is 1. The largest absolute Gasteiger partial charge is 0.379 e. The van der Waals surface area contributed by atoms with E-state index in [0.717, 1.165) is 29.2 Å². The Bertz CT molecular complexity index is 510. The molecular formula is C18H29ClN4. The Morgan fingerprint density at radius 3 is 2.39 bits per heavy atom. The summed E-state index contributed by atoms with van der Waals surface area (Å²) in [5, 5.41) is 14.7. The molecular weight excluding hydrogens is 308 g/mol. The SMILES string of the molecule is C=C(C)C(CCN(C)N=N[C@@H](C)C(C)C)Nc1ccc(Cl)cc1. The van der Waals surface area contributed by atoms with Gasteiger partial charge in [0.2, 0.25) is 0 Å². The van der Waals surface area contributed by atoms with Gasteiger partial charge in [0.15, 0.2) is 0 Å². The Morgan fingerprint density at radius 2 is 1.87 bits per heavy atom. The molecule has 0 aliphatic rings. The standard InChI is InChI=1S/C18H29ClN4/c1-13(2)15(5)21-22-23(6)12-11-18(14(3)4)20-17-9-7-16(19)8-10-17/h7-10,13,15,18,20H,3,11-12H2,1-2,4-6H3/t15-,18?/m0/s1. The van der Waals surface area contributed by atoms with Gasteiger partial charge in [-0.2, -0.15) is 5.11 Å². The first kappa shape index (κ1) is 19.5. The second kappa shape index (κ2) is 9.56. The molecule has 0 fully saturated rings. The highest BCUT2D eigenvalue weighted by atomic mass is 35.5. The topological polar surface area (TPSA) is 40.0 Å². The quantitative estimate of drug-likeness (QED) is 0.371. The van der Waals surface area contributed by atoms with E-state index < -0.39 is 0 Å². The van der Waals surface area contributed by atoms with Crippen molar-refractivity contribution >= 4 is 17.3 Å². The average Bonchev–Trinajstić information content (AvgIpc) is 2.50. The molecule has 1 rings (SSSR count). The molecule has 4 nitrogen and oxygen atoms in total. The Morgan fingerprint density at radius 1 is 1.26 bits per heavy atom. The van der Waals surface area contributed by atoms with Crippen LogP contribution in [0.15, 0.2) is 46.8 Å². The number of hydrogen-bond acceptors (Lipinski definition) is 3. The molecule has 1 aromatic carbocycles. The maximum atomic E-state index is 5.92. The molecule has 5 heteroatoms. The van der Waals surface area contributed by atoms with Crippen molar-refractivity contribution in [2.75, 3.05) is 18.9 Å². The Balaban J connectivity index is 2.53. The lowest BCUT2D eigenvalue weighted by Crippen LogP contribution is -2.26. The van der Waals surface area contributed by atoms with Crippen LogP contribution >= 0.6 is 11.6 Å². The predicted molar refractivity (Wildman–Crippen MR) is 100 cm³/mol. The molecule has 0 aliphatic heterocycles. The molecule has 0 spiro atoms. The van der Waals surface area contributed by atoms with Crippen LogP contribution in [0.4, 0.5) is 5.69 Å². The van der Waals surface area contributed by atoms with Gasteiger partial charge in [-0.1, -0.05) is 42.8 Å². The van der Waals surface area contributed by atoms with Crippen molar-refractivity contribution in [1.29, 1.82) is 0 Å². The summed E-state index contributed by atoms with van der Waals surface area (Å²) in [5.74, 6) is 0.502. The van der Waals surface area contributed by atoms with Gasteiger partial charge in [0, 0.05) is 30.3 Å². The van der Waals surface area contributed by atoms with Gasteiger partial charge in [-0.3, -0.25) is 5.01 Å². The van der Waals surface area contributed by atoms with E-state index in [0.29, 0.717) is 5.92 Å². The van der Waals surface area contributed by atoms with Crippen LogP contribution < -0.4 is 5.32 Å². The molecule has 0 amide bonds. The normalized spacial score (nSPS) is 14.0. The van der Waals surface area contributed by atoms with Crippen LogP contribution in [-0.2, 0) is 0 Å². The fourth-order valence-corrected chi connectivity index (χ4v) is 1.98. The molecule has 0 saturated carbocycles. The molecule has 1 aromatic rings. The Hall–Kier alpha value is -1.55. The van der Waals surface area contributed by atoms with Crippen LogP contribution in [0, 0.1) is 5.92 Å². The number of nitrogens with one attached hydrogen (secondary N) is 1. The summed E-state index contributed by atoms with van der Waals surface area (Å²) in [4.78, 5) is 0. The molecule has 0 heterocycles. The zero-order valence-electron chi connectivity index (χ0n) is 14.9. The van der Waals surface area contributed by atoms with E-state index in [1.54, 1.807) is 0 Å². The fraction of sp³-hybridized carbons (Fsp3) is 0.556. The fourth-order valence-electron chi connectivity index (χ4n) is 1.85. The molecule has 1 unspecified atom stereocenters. The second-order valence-corrected chi connectivity index (χ2v) is 6.85. The first-order valence-corrected chi connectivity index (χ1v) is 8.46. The van der Waals surface area contributed by atoms with Gasteiger partial charge in [-0.25, -0.2) is 0 Å². The zero-order valence-corrected chi connectivity index (χ0v) is 15.6. The molecule has 128 valence electrons. The summed E-state index contributed by atoms with van der Waals surface area (Å²) in [6.45, 7) is 13.3. The minimum Gasteiger partial charge on any atom is -0.379 e. The number of rotatable bonds is 9. The maximum Gasteiger partial charge on any atom is 0.0724 e. The van der Waals surface area contributed by atoms with Gasteiger partial charge in [-0.05, 0) is 50.5 Å². The average molecular weight is 337 g/mol. The summed E-state index contributed by atoms with van der Waals surface area (Å²) in [5.41, 5.74) is 2.14. The molecule has 23 heavy (non-hydrogen) atoms. The van der Waals surface area contributed by atoms with Crippen molar-refractivity contribution in [2.45, 2.75) is 46.2 Å². The molecule has 0 aromatic heterocycles. The molecule has 0 aliphatic carbocycles. The van der Waals surface area contributed by atoms with Crippen LogP contribution in [0.25, 0.3) is 0 Å². The van der Waals surface area contributed by atoms with E-state index in [2.05, 4.69) is 43.0 Å². The summed E-state index contributed by atoms with van der Waals surface area (Å²) < 4.78 is 0. The van der Waals surface area contributed by atoms with Crippen molar-refractivity contribution in [3.63, 3.8) is 0 Å². The van der Waals surface area contributed by atoms with Crippen LogP contribution in [-0.4, -0.2) is 30.7 Å². The van der Waals surface area contributed by atoms with Gasteiger partial charge in [0.05, 0.1) is 6.04 Å². The minimum atomic E-state index is 0.191. The van der Waals surface area contributed by atoms with Crippen molar-refractivity contribution in [1.82, 2.24) is 5.01 Å². The van der Waals surface area contributed by atoms with Crippen molar-refractivity contribution in [3.05, 3.63) is 41.4 Å². The van der Waals surface area contributed by atoms with Crippen LogP contribution in [0.5, 0.6) is 0 Å².